The van der Waals surface area contributed by atoms with Gasteiger partial charge < -0.3 is 5.32 Å². The van der Waals surface area contributed by atoms with E-state index in [9.17, 15) is 13.6 Å². The molecule has 0 amide bonds. The Hall–Kier alpha value is -1.29. The zero-order chi connectivity index (χ0) is 12.3. The minimum atomic E-state index is -3.07. The number of hydrogen-bond acceptors (Lipinski definition) is 2. The van der Waals surface area contributed by atoms with Crippen molar-refractivity contribution in [2.75, 3.05) is 6.54 Å². The first-order valence-electron chi connectivity index (χ1n) is 5.79. The van der Waals surface area contributed by atoms with Crippen molar-refractivity contribution >= 4 is 5.78 Å². The highest BCUT2D eigenvalue weighted by molar-refractivity contribution is 5.85. The van der Waals surface area contributed by atoms with Crippen molar-refractivity contribution in [1.29, 1.82) is 0 Å². The van der Waals surface area contributed by atoms with Gasteiger partial charge in [-0.3, -0.25) is 4.79 Å². The van der Waals surface area contributed by atoms with Crippen LogP contribution in [0.2, 0.25) is 0 Å². The second-order valence-electron chi connectivity index (χ2n) is 4.36. The summed E-state index contributed by atoms with van der Waals surface area (Å²) in [6.07, 6.45) is 0.839. The molecule has 0 saturated carbocycles. The van der Waals surface area contributed by atoms with Crippen molar-refractivity contribution in [2.24, 2.45) is 0 Å². The Labute approximate surface area is 99.0 Å². The number of halogens is 2. The van der Waals surface area contributed by atoms with Gasteiger partial charge in [-0.25, -0.2) is 8.78 Å². The van der Waals surface area contributed by atoms with Crippen LogP contribution in [0.3, 0.4) is 0 Å². The molecule has 0 bridgehead atoms. The number of carbonyl (C=O) groups is 1. The van der Waals surface area contributed by atoms with E-state index in [1.807, 2.05) is 0 Å². The average Bonchev–Trinajstić information content (AvgIpc) is 2.83. The molecule has 1 fully saturated rings. The first kappa shape index (κ1) is 12.2. The maximum absolute atomic E-state index is 13.8. The maximum atomic E-state index is 13.8. The fraction of sp³-hybridized carbons (Fsp3) is 0.462. The molecule has 0 spiro atoms. The molecule has 0 radical (unpaired) electrons. The summed E-state index contributed by atoms with van der Waals surface area (Å²) in [5.74, 6) is -3.46. The Balaban J connectivity index is 2.04. The highest BCUT2D eigenvalue weighted by Gasteiger charge is 2.37. The minimum Gasteiger partial charge on any atom is -0.307 e. The van der Waals surface area contributed by atoms with Crippen molar-refractivity contribution < 1.29 is 13.6 Å². The van der Waals surface area contributed by atoms with E-state index in [1.54, 1.807) is 18.2 Å². The zero-order valence-corrected chi connectivity index (χ0v) is 9.46. The molecule has 1 atom stereocenters. The van der Waals surface area contributed by atoms with Crippen LogP contribution in [-0.2, 0) is 10.7 Å². The zero-order valence-electron chi connectivity index (χ0n) is 9.46. The molecular formula is C13H15F2NO. The van der Waals surface area contributed by atoms with Crippen molar-refractivity contribution in [2.45, 2.75) is 31.2 Å². The summed E-state index contributed by atoms with van der Waals surface area (Å²) >= 11 is 0. The third-order valence-electron chi connectivity index (χ3n) is 3.04. The molecule has 17 heavy (non-hydrogen) atoms. The summed E-state index contributed by atoms with van der Waals surface area (Å²) in [6, 6.07) is 7.12. The summed E-state index contributed by atoms with van der Waals surface area (Å²) in [6.45, 7) is 0.743. The van der Waals surface area contributed by atoms with Crippen LogP contribution in [0, 0.1) is 0 Å². The van der Waals surface area contributed by atoms with Gasteiger partial charge in [-0.05, 0) is 19.4 Å². The highest BCUT2D eigenvalue weighted by atomic mass is 19.3. The number of benzene rings is 1. The number of rotatable bonds is 4. The van der Waals surface area contributed by atoms with Crippen molar-refractivity contribution in [3.05, 3.63) is 35.9 Å². The summed E-state index contributed by atoms with van der Waals surface area (Å²) < 4.78 is 27.6. The van der Waals surface area contributed by atoms with Gasteiger partial charge in [0.25, 0.3) is 5.92 Å². The molecule has 1 heterocycles. The topological polar surface area (TPSA) is 29.1 Å². The molecule has 92 valence electrons. The molecular weight excluding hydrogens is 224 g/mol. The van der Waals surface area contributed by atoms with Crippen LogP contribution in [-0.4, -0.2) is 18.4 Å². The normalized spacial score (nSPS) is 20.5. The fourth-order valence-corrected chi connectivity index (χ4v) is 2.09. The van der Waals surface area contributed by atoms with Crippen molar-refractivity contribution in [3.63, 3.8) is 0 Å². The SMILES string of the molecule is O=C(CC(F)(F)c1ccccc1)[C@@H]1CCCN1. The van der Waals surface area contributed by atoms with E-state index >= 15 is 0 Å². The van der Waals surface area contributed by atoms with E-state index in [0.717, 1.165) is 13.0 Å². The fourth-order valence-electron chi connectivity index (χ4n) is 2.09. The Bertz CT molecular complexity index is 386. The van der Waals surface area contributed by atoms with Gasteiger partial charge in [0.15, 0.2) is 5.78 Å². The van der Waals surface area contributed by atoms with Gasteiger partial charge in [-0.15, -0.1) is 0 Å². The van der Waals surface area contributed by atoms with E-state index in [0.29, 0.717) is 6.42 Å². The Kier molecular flexibility index (Phi) is 3.52. The van der Waals surface area contributed by atoms with Gasteiger partial charge in [0.2, 0.25) is 0 Å². The van der Waals surface area contributed by atoms with Crippen LogP contribution in [0.25, 0.3) is 0 Å². The largest absolute Gasteiger partial charge is 0.307 e. The van der Waals surface area contributed by atoms with Crippen molar-refractivity contribution in [3.8, 4) is 0 Å². The molecule has 2 nitrogen and oxygen atoms in total. The van der Waals surface area contributed by atoms with E-state index < -0.39 is 18.1 Å². The monoisotopic (exact) mass is 239 g/mol. The van der Waals surface area contributed by atoms with Crippen LogP contribution >= 0.6 is 0 Å². The van der Waals surface area contributed by atoms with E-state index in [2.05, 4.69) is 5.32 Å². The Morgan fingerprint density at radius 1 is 1.35 bits per heavy atom. The second-order valence-corrected chi connectivity index (χ2v) is 4.36. The molecule has 2 rings (SSSR count). The molecule has 0 aromatic heterocycles. The quantitative estimate of drug-likeness (QED) is 0.874. The number of carbonyl (C=O) groups excluding carboxylic acids is 1. The molecule has 1 aromatic carbocycles. The van der Waals surface area contributed by atoms with Gasteiger partial charge >= 0.3 is 0 Å². The lowest BCUT2D eigenvalue weighted by Crippen LogP contribution is -2.34. The summed E-state index contributed by atoms with van der Waals surface area (Å²) in [4.78, 5) is 11.7. The van der Waals surface area contributed by atoms with Crippen molar-refractivity contribution in [1.82, 2.24) is 5.32 Å². The Morgan fingerprint density at radius 2 is 2.06 bits per heavy atom. The van der Waals surface area contributed by atoms with Crippen LogP contribution in [0.15, 0.2) is 30.3 Å². The van der Waals surface area contributed by atoms with Gasteiger partial charge in [-0.1, -0.05) is 30.3 Å². The first-order chi connectivity index (χ1) is 8.09. The standard InChI is InChI=1S/C13H15F2NO/c14-13(15,10-5-2-1-3-6-10)9-12(17)11-7-4-8-16-11/h1-3,5-6,11,16H,4,7-9H2/t11-/m0/s1. The average molecular weight is 239 g/mol. The third-order valence-corrected chi connectivity index (χ3v) is 3.04. The van der Waals surface area contributed by atoms with Gasteiger partial charge in [-0.2, -0.15) is 0 Å². The molecule has 1 aliphatic rings. The van der Waals surface area contributed by atoms with Gasteiger partial charge in [0.1, 0.15) is 0 Å². The number of hydrogen-bond donors (Lipinski definition) is 1. The molecule has 1 aliphatic heterocycles. The number of nitrogens with one attached hydrogen (secondary N) is 1. The molecule has 4 heteroatoms. The summed E-state index contributed by atoms with van der Waals surface area (Å²) in [5, 5.41) is 2.95. The van der Waals surface area contributed by atoms with E-state index in [4.69, 9.17) is 0 Å². The molecule has 0 aliphatic carbocycles. The number of Topliss-reactive ketones (excluding diaryl/α,β-unsaturated/α-hetero) is 1. The van der Waals surface area contributed by atoms with E-state index in [1.165, 1.54) is 12.1 Å². The number of alkyl halides is 2. The summed E-state index contributed by atoms with van der Waals surface area (Å²) in [7, 11) is 0. The van der Waals surface area contributed by atoms with Gasteiger partial charge in [0.05, 0.1) is 12.5 Å². The maximum Gasteiger partial charge on any atom is 0.280 e. The summed E-state index contributed by atoms with van der Waals surface area (Å²) in [5.41, 5.74) is -0.0913. The van der Waals surface area contributed by atoms with Crippen LogP contribution < -0.4 is 5.32 Å². The smallest absolute Gasteiger partial charge is 0.280 e. The molecule has 1 saturated heterocycles. The lowest BCUT2D eigenvalue weighted by atomic mass is 9.99. The first-order valence-corrected chi connectivity index (χ1v) is 5.79. The predicted octanol–water partition coefficient (Wildman–Crippen LogP) is 2.49. The van der Waals surface area contributed by atoms with Crippen LogP contribution in [0.4, 0.5) is 8.78 Å². The second kappa shape index (κ2) is 4.92. The molecule has 1 aromatic rings. The molecule has 1 N–H and O–H groups in total. The number of ketones is 1. The third kappa shape index (κ3) is 2.88. The van der Waals surface area contributed by atoms with Gasteiger partial charge in [0, 0.05) is 5.56 Å². The Morgan fingerprint density at radius 3 is 2.65 bits per heavy atom. The lowest BCUT2D eigenvalue weighted by molar-refractivity contribution is -0.128. The van der Waals surface area contributed by atoms with E-state index in [-0.39, 0.29) is 11.6 Å². The van der Waals surface area contributed by atoms with Crippen LogP contribution in [0.5, 0.6) is 0 Å². The lowest BCUT2D eigenvalue weighted by Gasteiger charge is -2.18. The predicted molar refractivity (Wildman–Crippen MR) is 61.0 cm³/mol. The van der Waals surface area contributed by atoms with Crippen LogP contribution in [0.1, 0.15) is 24.8 Å². The molecule has 0 unspecified atom stereocenters. The minimum absolute atomic E-state index is 0.0913. The highest BCUT2D eigenvalue weighted by Crippen LogP contribution is 2.32.